The number of nitrogens with zero attached hydrogens (tertiary/aromatic N) is 3. The molecule has 102 valence electrons. The Hall–Kier alpha value is -2.38. The number of aromatic amines is 1. The second-order valence-electron chi connectivity index (χ2n) is 5.01. The molecule has 0 atom stereocenters. The van der Waals surface area contributed by atoms with E-state index in [1.165, 1.54) is 4.40 Å². The van der Waals surface area contributed by atoms with Crippen molar-refractivity contribution in [2.24, 2.45) is 11.1 Å². The van der Waals surface area contributed by atoms with E-state index in [0.29, 0.717) is 23.8 Å². The number of H-pyrrole nitrogens is 1. The first-order valence-corrected chi connectivity index (χ1v) is 5.80. The number of carbonyl (C=O) groups is 1. The van der Waals surface area contributed by atoms with Crippen LogP contribution in [0.4, 0.5) is 5.82 Å². The Morgan fingerprint density at radius 2 is 2.26 bits per heavy atom. The maximum absolute atomic E-state index is 11.4. The number of amides is 1. The number of anilines is 1. The molecule has 2 aromatic rings. The van der Waals surface area contributed by atoms with Gasteiger partial charge in [-0.25, -0.2) is 19.3 Å². The van der Waals surface area contributed by atoms with Gasteiger partial charge in [-0.3, -0.25) is 4.79 Å². The molecule has 0 aromatic carbocycles. The fraction of sp³-hybridized carbons (Fsp3) is 0.455. The van der Waals surface area contributed by atoms with Crippen molar-refractivity contribution in [3.63, 3.8) is 0 Å². The molecule has 19 heavy (non-hydrogen) atoms. The molecule has 1 amide bonds. The molecular weight excluding hydrogens is 248 g/mol. The lowest BCUT2D eigenvalue weighted by Crippen LogP contribution is -2.37. The molecule has 8 heteroatoms. The molecule has 2 aromatic heterocycles. The van der Waals surface area contributed by atoms with E-state index in [1.54, 1.807) is 26.8 Å². The smallest absolute Gasteiger partial charge is 0.349 e. The lowest BCUT2D eigenvalue weighted by molar-refractivity contribution is -0.125. The van der Waals surface area contributed by atoms with Crippen LogP contribution in [0.5, 0.6) is 0 Å². The van der Waals surface area contributed by atoms with E-state index >= 15 is 0 Å². The standard InChI is InChI=1S/C11H16N6O2/c1-6-14-7(13-5-11(2,3)9(12)18)4-8-15-16-10(19)17(6)8/h4,13H,5H2,1-3H3,(H2,12,18)(H,16,19). The molecule has 0 saturated heterocycles. The van der Waals surface area contributed by atoms with Crippen molar-refractivity contribution >= 4 is 17.4 Å². The topological polar surface area (TPSA) is 118 Å². The average Bonchev–Trinajstić information content (AvgIpc) is 2.69. The normalized spacial score (nSPS) is 11.7. The van der Waals surface area contributed by atoms with Crippen LogP contribution in [0, 0.1) is 12.3 Å². The molecular formula is C11H16N6O2. The number of aromatic nitrogens is 4. The van der Waals surface area contributed by atoms with Gasteiger partial charge >= 0.3 is 5.69 Å². The number of primary amides is 1. The Bertz CT molecular complexity index is 684. The van der Waals surface area contributed by atoms with E-state index in [1.807, 2.05) is 0 Å². The van der Waals surface area contributed by atoms with E-state index < -0.39 is 11.3 Å². The fourth-order valence-corrected chi connectivity index (χ4v) is 1.59. The number of rotatable bonds is 4. The molecule has 2 heterocycles. The zero-order valence-electron chi connectivity index (χ0n) is 11.0. The number of aryl methyl sites for hydroxylation is 1. The minimum atomic E-state index is -0.688. The minimum Gasteiger partial charge on any atom is -0.369 e. The largest absolute Gasteiger partial charge is 0.369 e. The van der Waals surface area contributed by atoms with Crippen molar-refractivity contribution in [3.8, 4) is 0 Å². The third-order valence-electron chi connectivity index (χ3n) is 2.95. The van der Waals surface area contributed by atoms with Crippen LogP contribution in [0.1, 0.15) is 19.7 Å². The van der Waals surface area contributed by atoms with Gasteiger partial charge in [-0.2, -0.15) is 5.10 Å². The first-order chi connectivity index (χ1) is 8.81. The molecule has 0 aliphatic carbocycles. The quantitative estimate of drug-likeness (QED) is 0.697. The molecule has 0 spiro atoms. The summed E-state index contributed by atoms with van der Waals surface area (Å²) in [6, 6.07) is 1.63. The van der Waals surface area contributed by atoms with Crippen LogP contribution < -0.4 is 16.7 Å². The summed E-state index contributed by atoms with van der Waals surface area (Å²) >= 11 is 0. The van der Waals surface area contributed by atoms with Crippen LogP contribution >= 0.6 is 0 Å². The Morgan fingerprint density at radius 3 is 2.89 bits per heavy atom. The lowest BCUT2D eigenvalue weighted by atomic mass is 9.93. The second kappa shape index (κ2) is 4.38. The van der Waals surface area contributed by atoms with Crippen molar-refractivity contribution in [1.29, 1.82) is 0 Å². The Balaban J connectivity index is 2.28. The van der Waals surface area contributed by atoms with E-state index in [0.717, 1.165) is 0 Å². The molecule has 8 nitrogen and oxygen atoms in total. The van der Waals surface area contributed by atoms with Gasteiger partial charge in [-0.1, -0.05) is 0 Å². The van der Waals surface area contributed by atoms with Gasteiger partial charge in [0.25, 0.3) is 0 Å². The van der Waals surface area contributed by atoms with Gasteiger partial charge in [0.2, 0.25) is 5.91 Å². The van der Waals surface area contributed by atoms with E-state index in [4.69, 9.17) is 5.73 Å². The maximum atomic E-state index is 11.4. The molecule has 4 N–H and O–H groups in total. The number of nitrogens with one attached hydrogen (secondary N) is 2. The number of hydrogen-bond acceptors (Lipinski definition) is 5. The van der Waals surface area contributed by atoms with E-state index in [9.17, 15) is 9.59 Å². The lowest BCUT2D eigenvalue weighted by Gasteiger charge is -2.21. The zero-order chi connectivity index (χ0) is 14.2. The fourth-order valence-electron chi connectivity index (χ4n) is 1.59. The third kappa shape index (κ3) is 2.42. The molecule has 0 unspecified atom stereocenters. The van der Waals surface area contributed by atoms with Gasteiger partial charge in [0.05, 0.1) is 5.41 Å². The van der Waals surface area contributed by atoms with Crippen molar-refractivity contribution in [1.82, 2.24) is 19.6 Å². The number of nitrogens with two attached hydrogens (primary N) is 1. The predicted octanol–water partition coefficient (Wildman–Crippen LogP) is -0.351. The van der Waals surface area contributed by atoms with Crippen LogP contribution in [0.15, 0.2) is 10.9 Å². The van der Waals surface area contributed by atoms with Gasteiger partial charge in [-0.05, 0) is 20.8 Å². The first kappa shape index (κ1) is 13.1. The van der Waals surface area contributed by atoms with Crippen LogP contribution in [-0.2, 0) is 4.79 Å². The average molecular weight is 264 g/mol. The highest BCUT2D eigenvalue weighted by Crippen LogP contribution is 2.16. The molecule has 0 fully saturated rings. The highest BCUT2D eigenvalue weighted by atomic mass is 16.2. The summed E-state index contributed by atoms with van der Waals surface area (Å²) in [4.78, 5) is 26.9. The van der Waals surface area contributed by atoms with Crippen molar-refractivity contribution in [2.75, 3.05) is 11.9 Å². The predicted molar refractivity (Wildman–Crippen MR) is 69.8 cm³/mol. The summed E-state index contributed by atoms with van der Waals surface area (Å²) in [6.45, 7) is 5.54. The molecule has 0 bridgehead atoms. The van der Waals surface area contributed by atoms with Crippen molar-refractivity contribution in [3.05, 3.63) is 22.4 Å². The Morgan fingerprint density at radius 1 is 1.58 bits per heavy atom. The summed E-state index contributed by atoms with van der Waals surface area (Å²) in [5, 5.41) is 9.25. The Labute approximate surface area is 109 Å². The van der Waals surface area contributed by atoms with Crippen LogP contribution in [0.2, 0.25) is 0 Å². The van der Waals surface area contributed by atoms with Crippen LogP contribution in [0.3, 0.4) is 0 Å². The van der Waals surface area contributed by atoms with Gasteiger partial charge in [0, 0.05) is 12.6 Å². The molecule has 2 rings (SSSR count). The number of carbonyl (C=O) groups excluding carboxylic acids is 1. The van der Waals surface area contributed by atoms with Gasteiger partial charge in [0.1, 0.15) is 11.6 Å². The second-order valence-corrected chi connectivity index (χ2v) is 5.01. The summed E-state index contributed by atoms with van der Waals surface area (Å²) in [7, 11) is 0. The van der Waals surface area contributed by atoms with E-state index in [-0.39, 0.29) is 5.69 Å². The summed E-state index contributed by atoms with van der Waals surface area (Å²) in [5.74, 6) is 0.655. The first-order valence-electron chi connectivity index (χ1n) is 5.80. The summed E-state index contributed by atoms with van der Waals surface area (Å²) in [6.07, 6.45) is 0. The van der Waals surface area contributed by atoms with Crippen molar-refractivity contribution in [2.45, 2.75) is 20.8 Å². The SMILES string of the molecule is Cc1nc(NCC(C)(C)C(N)=O)cc2n[nH]c(=O)n12. The highest BCUT2D eigenvalue weighted by Gasteiger charge is 2.24. The minimum absolute atomic E-state index is 0.330. The summed E-state index contributed by atoms with van der Waals surface area (Å²) < 4.78 is 1.37. The monoisotopic (exact) mass is 264 g/mol. The van der Waals surface area contributed by atoms with Gasteiger partial charge in [-0.15, -0.1) is 0 Å². The van der Waals surface area contributed by atoms with Crippen LogP contribution in [0.25, 0.3) is 5.65 Å². The zero-order valence-corrected chi connectivity index (χ0v) is 11.0. The molecule has 0 aliphatic heterocycles. The Kier molecular flexibility index (Phi) is 3.01. The van der Waals surface area contributed by atoms with E-state index in [2.05, 4.69) is 20.5 Å². The van der Waals surface area contributed by atoms with Crippen molar-refractivity contribution < 1.29 is 4.79 Å². The van der Waals surface area contributed by atoms with Crippen LogP contribution in [-0.4, -0.2) is 32.0 Å². The highest BCUT2D eigenvalue weighted by molar-refractivity contribution is 5.80. The molecule has 0 aliphatic rings. The third-order valence-corrected chi connectivity index (χ3v) is 2.95. The summed E-state index contributed by atoms with van der Waals surface area (Å²) in [5.41, 5.74) is 4.75. The maximum Gasteiger partial charge on any atom is 0.349 e. The molecule has 0 saturated carbocycles. The van der Waals surface area contributed by atoms with Gasteiger partial charge < -0.3 is 11.1 Å². The number of fused-ring (bicyclic) bond motifs is 1. The molecule has 0 radical (unpaired) electrons. The van der Waals surface area contributed by atoms with Gasteiger partial charge in [0.15, 0.2) is 5.65 Å². The number of hydrogen-bond donors (Lipinski definition) is 3.